The first-order valence-electron chi connectivity index (χ1n) is 5.13. The van der Waals surface area contributed by atoms with Crippen LogP contribution in [-0.4, -0.2) is 0 Å². The molecule has 3 heteroatoms. The van der Waals surface area contributed by atoms with Gasteiger partial charge >= 0.3 is 0 Å². The van der Waals surface area contributed by atoms with Gasteiger partial charge < -0.3 is 5.73 Å². The molecule has 0 spiro atoms. The lowest BCUT2D eigenvalue weighted by molar-refractivity contribution is 0.461. The molecule has 0 aliphatic rings. The molecule has 0 amide bonds. The van der Waals surface area contributed by atoms with Crippen molar-refractivity contribution in [1.29, 1.82) is 0 Å². The fourth-order valence-electron chi connectivity index (χ4n) is 1.64. The lowest BCUT2D eigenvalue weighted by atomic mass is 9.95. The standard InChI is InChI=1S/C12H17F2N/c1-7(2)6-10(15)11-9(13)5-4-8(3)12(11)14/h4-5,7,10H,6,15H2,1-3H3. The highest BCUT2D eigenvalue weighted by Gasteiger charge is 2.18. The molecule has 1 nitrogen and oxygen atoms in total. The molecule has 1 atom stereocenters. The molecule has 1 rings (SSSR count). The summed E-state index contributed by atoms with van der Waals surface area (Å²) in [7, 11) is 0. The molecule has 84 valence electrons. The number of nitrogens with two attached hydrogens (primary N) is 1. The topological polar surface area (TPSA) is 26.0 Å². The van der Waals surface area contributed by atoms with Gasteiger partial charge in [0.25, 0.3) is 0 Å². The Morgan fingerprint density at radius 1 is 1.27 bits per heavy atom. The van der Waals surface area contributed by atoms with Gasteiger partial charge in [-0.1, -0.05) is 19.9 Å². The largest absolute Gasteiger partial charge is 0.324 e. The SMILES string of the molecule is Cc1ccc(F)c(C(N)CC(C)C)c1F. The maximum Gasteiger partial charge on any atom is 0.133 e. The summed E-state index contributed by atoms with van der Waals surface area (Å²) < 4.78 is 27.1. The first-order valence-corrected chi connectivity index (χ1v) is 5.13. The Balaban J connectivity index is 3.07. The number of rotatable bonds is 3. The van der Waals surface area contributed by atoms with Gasteiger partial charge in [-0.2, -0.15) is 0 Å². The van der Waals surface area contributed by atoms with Gasteiger partial charge in [0.2, 0.25) is 0 Å². The average Bonchev–Trinajstić information content (AvgIpc) is 2.11. The van der Waals surface area contributed by atoms with E-state index >= 15 is 0 Å². The van der Waals surface area contributed by atoms with Crippen LogP contribution in [0.4, 0.5) is 8.78 Å². The number of hydrogen-bond donors (Lipinski definition) is 1. The van der Waals surface area contributed by atoms with Crippen molar-refractivity contribution in [3.05, 3.63) is 34.9 Å². The minimum absolute atomic E-state index is 0.0173. The van der Waals surface area contributed by atoms with Crippen molar-refractivity contribution in [2.24, 2.45) is 11.7 Å². The molecule has 0 fully saturated rings. The Morgan fingerprint density at radius 2 is 1.87 bits per heavy atom. The van der Waals surface area contributed by atoms with Gasteiger partial charge in [0.15, 0.2) is 0 Å². The van der Waals surface area contributed by atoms with Crippen LogP contribution in [0.25, 0.3) is 0 Å². The van der Waals surface area contributed by atoms with E-state index in [2.05, 4.69) is 0 Å². The molecule has 0 aliphatic carbocycles. The molecule has 2 N–H and O–H groups in total. The highest BCUT2D eigenvalue weighted by molar-refractivity contribution is 5.29. The van der Waals surface area contributed by atoms with Gasteiger partial charge in [0.1, 0.15) is 11.6 Å². The fraction of sp³-hybridized carbons (Fsp3) is 0.500. The molecule has 1 aromatic carbocycles. The third-order valence-electron chi connectivity index (χ3n) is 2.42. The summed E-state index contributed by atoms with van der Waals surface area (Å²) in [4.78, 5) is 0. The van der Waals surface area contributed by atoms with Crippen molar-refractivity contribution in [3.63, 3.8) is 0 Å². The molecule has 0 radical (unpaired) electrons. The van der Waals surface area contributed by atoms with Crippen molar-refractivity contribution < 1.29 is 8.78 Å². The van der Waals surface area contributed by atoms with E-state index in [0.717, 1.165) is 0 Å². The van der Waals surface area contributed by atoms with Crippen LogP contribution >= 0.6 is 0 Å². The van der Waals surface area contributed by atoms with Crippen molar-refractivity contribution >= 4 is 0 Å². The Labute approximate surface area is 89.3 Å². The monoisotopic (exact) mass is 213 g/mol. The van der Waals surface area contributed by atoms with Crippen molar-refractivity contribution in [1.82, 2.24) is 0 Å². The predicted molar refractivity (Wildman–Crippen MR) is 57.5 cm³/mol. The first kappa shape index (κ1) is 12.1. The van der Waals surface area contributed by atoms with E-state index in [9.17, 15) is 8.78 Å². The zero-order chi connectivity index (χ0) is 11.6. The lowest BCUT2D eigenvalue weighted by Crippen LogP contribution is -2.17. The van der Waals surface area contributed by atoms with Crippen LogP contribution in [0.15, 0.2) is 12.1 Å². The van der Waals surface area contributed by atoms with E-state index in [1.807, 2.05) is 13.8 Å². The molecular weight excluding hydrogens is 196 g/mol. The van der Waals surface area contributed by atoms with Crippen LogP contribution in [0.3, 0.4) is 0 Å². The predicted octanol–water partition coefficient (Wildman–Crippen LogP) is 3.32. The minimum Gasteiger partial charge on any atom is -0.324 e. The molecule has 0 aliphatic heterocycles. The second-order valence-corrected chi connectivity index (χ2v) is 4.33. The molecular formula is C12H17F2N. The van der Waals surface area contributed by atoms with E-state index < -0.39 is 17.7 Å². The number of aryl methyl sites for hydroxylation is 1. The van der Waals surface area contributed by atoms with Gasteiger partial charge in [-0.05, 0) is 30.9 Å². The molecule has 1 aromatic rings. The van der Waals surface area contributed by atoms with Gasteiger partial charge in [-0.3, -0.25) is 0 Å². The molecule has 0 bridgehead atoms. The van der Waals surface area contributed by atoms with Gasteiger partial charge in [0, 0.05) is 11.6 Å². The second-order valence-electron chi connectivity index (χ2n) is 4.33. The Kier molecular flexibility index (Phi) is 3.80. The summed E-state index contributed by atoms with van der Waals surface area (Å²) in [6.07, 6.45) is 0.581. The second kappa shape index (κ2) is 4.71. The van der Waals surface area contributed by atoms with Gasteiger partial charge in [-0.25, -0.2) is 8.78 Å². The van der Waals surface area contributed by atoms with Gasteiger partial charge in [-0.15, -0.1) is 0 Å². The maximum atomic E-state index is 13.6. The molecule has 15 heavy (non-hydrogen) atoms. The quantitative estimate of drug-likeness (QED) is 0.819. The minimum atomic E-state index is -0.565. The zero-order valence-corrected chi connectivity index (χ0v) is 9.35. The maximum absolute atomic E-state index is 13.6. The van der Waals surface area contributed by atoms with E-state index in [1.165, 1.54) is 12.1 Å². The smallest absolute Gasteiger partial charge is 0.133 e. The van der Waals surface area contributed by atoms with E-state index in [4.69, 9.17) is 5.73 Å². The third kappa shape index (κ3) is 2.75. The van der Waals surface area contributed by atoms with Crippen LogP contribution in [0.5, 0.6) is 0 Å². The summed E-state index contributed by atoms with van der Waals surface area (Å²) in [6, 6.07) is 2.13. The highest BCUT2D eigenvalue weighted by atomic mass is 19.1. The number of halogens is 2. The van der Waals surface area contributed by atoms with Crippen LogP contribution < -0.4 is 5.73 Å². The Hall–Kier alpha value is -0.960. The number of benzene rings is 1. The van der Waals surface area contributed by atoms with Crippen LogP contribution in [-0.2, 0) is 0 Å². The van der Waals surface area contributed by atoms with Crippen LogP contribution in [0.1, 0.15) is 37.4 Å². The van der Waals surface area contributed by atoms with E-state index in [1.54, 1.807) is 6.92 Å². The normalized spacial score (nSPS) is 13.3. The third-order valence-corrected chi connectivity index (χ3v) is 2.42. The zero-order valence-electron chi connectivity index (χ0n) is 9.35. The van der Waals surface area contributed by atoms with E-state index in [0.29, 0.717) is 17.9 Å². The van der Waals surface area contributed by atoms with Crippen LogP contribution in [0.2, 0.25) is 0 Å². The van der Waals surface area contributed by atoms with Crippen molar-refractivity contribution in [3.8, 4) is 0 Å². The molecule has 1 unspecified atom stereocenters. The Bertz CT molecular complexity index is 348. The Morgan fingerprint density at radius 3 is 2.40 bits per heavy atom. The number of hydrogen-bond acceptors (Lipinski definition) is 1. The first-order chi connectivity index (χ1) is 6.93. The molecule has 0 saturated heterocycles. The average molecular weight is 213 g/mol. The van der Waals surface area contributed by atoms with Gasteiger partial charge in [0.05, 0.1) is 0 Å². The fourth-order valence-corrected chi connectivity index (χ4v) is 1.64. The van der Waals surface area contributed by atoms with Crippen molar-refractivity contribution in [2.75, 3.05) is 0 Å². The summed E-state index contributed by atoms with van der Waals surface area (Å²) in [6.45, 7) is 5.57. The van der Waals surface area contributed by atoms with Crippen molar-refractivity contribution in [2.45, 2.75) is 33.2 Å². The molecule has 0 heterocycles. The summed E-state index contributed by atoms with van der Waals surface area (Å²) >= 11 is 0. The molecule has 0 aromatic heterocycles. The van der Waals surface area contributed by atoms with Crippen LogP contribution in [0, 0.1) is 24.5 Å². The summed E-state index contributed by atoms with van der Waals surface area (Å²) in [5, 5.41) is 0. The lowest BCUT2D eigenvalue weighted by Gasteiger charge is -2.16. The summed E-state index contributed by atoms with van der Waals surface area (Å²) in [5.74, 6) is -0.742. The highest BCUT2D eigenvalue weighted by Crippen LogP contribution is 2.25. The molecule has 0 saturated carbocycles. The summed E-state index contributed by atoms with van der Waals surface area (Å²) in [5.41, 5.74) is 6.24. The van der Waals surface area contributed by atoms with E-state index in [-0.39, 0.29) is 5.56 Å².